The van der Waals surface area contributed by atoms with E-state index in [2.05, 4.69) is 27.7 Å². The third kappa shape index (κ3) is 2.06. The Morgan fingerprint density at radius 2 is 2.42 bits per heavy atom. The fraction of sp³-hybridized carbons (Fsp3) is 0.143. The lowest BCUT2D eigenvalue weighted by molar-refractivity contribution is 1.01. The lowest BCUT2D eigenvalue weighted by Crippen LogP contribution is -1.73. The molecule has 0 aromatic carbocycles. The molecule has 0 radical (unpaired) electrons. The van der Waals surface area contributed by atoms with Gasteiger partial charge in [-0.05, 0) is 11.4 Å². The molecule has 0 N–H and O–H groups in total. The molecule has 0 atom stereocenters. The predicted octanol–water partition coefficient (Wildman–Crippen LogP) is 2.89. The molecule has 2 aromatic rings. The second kappa shape index (κ2) is 4.02. The molecule has 0 saturated carbocycles. The Labute approximate surface area is 82.7 Å². The molecule has 2 nitrogen and oxygen atoms in total. The summed E-state index contributed by atoms with van der Waals surface area (Å²) in [5.41, 5.74) is 1.76. The highest BCUT2D eigenvalue weighted by atomic mass is 32.2. The van der Waals surface area contributed by atoms with Gasteiger partial charge in [0.2, 0.25) is 0 Å². The van der Waals surface area contributed by atoms with Crippen LogP contribution in [0.15, 0.2) is 27.4 Å². The van der Waals surface area contributed by atoms with Crippen molar-refractivity contribution >= 4 is 34.4 Å². The fourth-order valence-electron chi connectivity index (χ4n) is 0.753. The average Bonchev–Trinajstić information content (AvgIpc) is 2.74. The van der Waals surface area contributed by atoms with Crippen molar-refractivity contribution < 1.29 is 0 Å². The molecule has 0 aliphatic carbocycles. The number of rotatable bonds is 3. The van der Waals surface area contributed by atoms with Crippen LogP contribution in [0.5, 0.6) is 0 Å². The number of hydrogen-bond acceptors (Lipinski definition) is 5. The monoisotopic (exact) mass is 214 g/mol. The summed E-state index contributed by atoms with van der Waals surface area (Å²) in [7, 11) is 0. The maximum absolute atomic E-state index is 3.95. The van der Waals surface area contributed by atoms with Crippen LogP contribution in [-0.4, -0.2) is 10.2 Å². The highest BCUT2D eigenvalue weighted by molar-refractivity contribution is 8.00. The quantitative estimate of drug-likeness (QED) is 0.735. The number of thioether (sulfide) groups is 1. The smallest absolute Gasteiger partial charge is 0.148 e. The first-order chi connectivity index (χ1) is 5.95. The minimum Gasteiger partial charge on any atom is -0.148 e. The van der Waals surface area contributed by atoms with Gasteiger partial charge >= 0.3 is 0 Å². The van der Waals surface area contributed by atoms with E-state index >= 15 is 0 Å². The maximum Gasteiger partial charge on any atom is 0.174 e. The first-order valence-electron chi connectivity index (χ1n) is 3.36. The molecule has 0 aliphatic rings. The standard InChI is InChI=1S/C7H6N2S3/c1-2-6(10-3-1)4-11-7-9-8-5-12-7/h1-3,5H,4H2. The van der Waals surface area contributed by atoms with Crippen LogP contribution in [0.1, 0.15) is 4.88 Å². The van der Waals surface area contributed by atoms with Gasteiger partial charge in [0.15, 0.2) is 4.34 Å². The van der Waals surface area contributed by atoms with Crippen LogP contribution < -0.4 is 0 Å². The Hall–Kier alpha value is -0.390. The van der Waals surface area contributed by atoms with Crippen molar-refractivity contribution in [3.63, 3.8) is 0 Å². The Bertz CT molecular complexity index is 280. The van der Waals surface area contributed by atoms with E-state index in [4.69, 9.17) is 0 Å². The molecule has 0 fully saturated rings. The molecule has 0 unspecified atom stereocenters. The van der Waals surface area contributed by atoms with Crippen molar-refractivity contribution in [1.29, 1.82) is 0 Å². The molecule has 0 bridgehead atoms. The molecule has 12 heavy (non-hydrogen) atoms. The predicted molar refractivity (Wildman–Crippen MR) is 53.8 cm³/mol. The van der Waals surface area contributed by atoms with E-state index in [9.17, 15) is 0 Å². The van der Waals surface area contributed by atoms with Gasteiger partial charge in [0, 0.05) is 10.6 Å². The molecule has 0 spiro atoms. The Balaban J connectivity index is 1.91. The van der Waals surface area contributed by atoms with Gasteiger partial charge in [0.05, 0.1) is 0 Å². The highest BCUT2D eigenvalue weighted by Crippen LogP contribution is 2.25. The van der Waals surface area contributed by atoms with Gasteiger partial charge in [-0.2, -0.15) is 0 Å². The second-order valence-corrected chi connectivity index (χ2v) is 5.16. The number of thiophene rings is 1. The van der Waals surface area contributed by atoms with Crippen molar-refractivity contribution in [2.24, 2.45) is 0 Å². The maximum atomic E-state index is 3.95. The lowest BCUT2D eigenvalue weighted by Gasteiger charge is -1.91. The van der Waals surface area contributed by atoms with Crippen molar-refractivity contribution in [3.05, 3.63) is 27.9 Å². The van der Waals surface area contributed by atoms with E-state index in [1.807, 2.05) is 0 Å². The zero-order chi connectivity index (χ0) is 8.23. The summed E-state index contributed by atoms with van der Waals surface area (Å²) in [5, 5.41) is 9.82. The van der Waals surface area contributed by atoms with Crippen LogP contribution >= 0.6 is 34.4 Å². The summed E-state index contributed by atoms with van der Waals surface area (Å²) in [6.45, 7) is 0. The summed E-state index contributed by atoms with van der Waals surface area (Å²) < 4.78 is 1.04. The van der Waals surface area contributed by atoms with Gasteiger partial charge in [-0.1, -0.05) is 29.2 Å². The zero-order valence-corrected chi connectivity index (χ0v) is 8.59. The van der Waals surface area contributed by atoms with Gasteiger partial charge in [-0.15, -0.1) is 21.5 Å². The van der Waals surface area contributed by atoms with Gasteiger partial charge in [-0.25, -0.2) is 0 Å². The van der Waals surface area contributed by atoms with E-state index < -0.39 is 0 Å². The van der Waals surface area contributed by atoms with Crippen LogP contribution in [0.25, 0.3) is 0 Å². The molecule has 2 aromatic heterocycles. The van der Waals surface area contributed by atoms with Crippen molar-refractivity contribution in [1.82, 2.24) is 10.2 Å². The fourth-order valence-corrected chi connectivity index (χ4v) is 3.02. The summed E-state index contributed by atoms with van der Waals surface area (Å²) >= 11 is 5.11. The van der Waals surface area contributed by atoms with Gasteiger partial charge in [-0.3, -0.25) is 0 Å². The van der Waals surface area contributed by atoms with E-state index in [0.29, 0.717) is 0 Å². The Morgan fingerprint density at radius 3 is 3.08 bits per heavy atom. The van der Waals surface area contributed by atoms with Crippen LogP contribution in [0, 0.1) is 0 Å². The second-order valence-electron chi connectivity index (χ2n) is 2.07. The minimum atomic E-state index is 1.01. The van der Waals surface area contributed by atoms with E-state index in [-0.39, 0.29) is 0 Å². The van der Waals surface area contributed by atoms with Gasteiger partial charge in [0.25, 0.3) is 0 Å². The Kier molecular flexibility index (Phi) is 2.75. The Morgan fingerprint density at radius 1 is 1.42 bits per heavy atom. The minimum absolute atomic E-state index is 1.01. The molecule has 2 rings (SSSR count). The summed E-state index contributed by atoms with van der Waals surface area (Å²) in [6.07, 6.45) is 0. The summed E-state index contributed by atoms with van der Waals surface area (Å²) in [6, 6.07) is 4.21. The van der Waals surface area contributed by atoms with Crippen molar-refractivity contribution in [2.45, 2.75) is 10.1 Å². The van der Waals surface area contributed by atoms with E-state index in [1.54, 1.807) is 39.9 Å². The van der Waals surface area contributed by atoms with Gasteiger partial charge in [0.1, 0.15) is 5.51 Å². The van der Waals surface area contributed by atoms with Gasteiger partial charge < -0.3 is 0 Å². The summed E-state index contributed by atoms with van der Waals surface area (Å²) in [5.74, 6) is 1.01. The van der Waals surface area contributed by atoms with Crippen LogP contribution in [0.4, 0.5) is 0 Å². The normalized spacial score (nSPS) is 10.3. The largest absolute Gasteiger partial charge is 0.174 e. The number of hydrogen-bond donors (Lipinski definition) is 0. The van der Waals surface area contributed by atoms with Crippen molar-refractivity contribution in [2.75, 3.05) is 0 Å². The molecule has 2 heterocycles. The SMILES string of the molecule is c1csc(CSc2nncs2)c1. The third-order valence-electron chi connectivity index (χ3n) is 1.26. The van der Waals surface area contributed by atoms with Crippen molar-refractivity contribution in [3.8, 4) is 0 Å². The van der Waals surface area contributed by atoms with E-state index in [1.165, 1.54) is 4.88 Å². The molecule has 0 saturated heterocycles. The lowest BCUT2D eigenvalue weighted by atomic mass is 10.5. The van der Waals surface area contributed by atoms with Crippen LogP contribution in [-0.2, 0) is 5.75 Å². The topological polar surface area (TPSA) is 25.8 Å². The molecular weight excluding hydrogens is 208 g/mol. The first-order valence-corrected chi connectivity index (χ1v) is 6.11. The summed E-state index contributed by atoms with van der Waals surface area (Å²) in [4.78, 5) is 1.38. The number of nitrogens with zero attached hydrogens (tertiary/aromatic N) is 2. The van der Waals surface area contributed by atoms with Crippen LogP contribution in [0.2, 0.25) is 0 Å². The molecule has 62 valence electrons. The molecule has 0 aliphatic heterocycles. The molecule has 0 amide bonds. The van der Waals surface area contributed by atoms with E-state index in [0.717, 1.165) is 10.1 Å². The van der Waals surface area contributed by atoms with Crippen LogP contribution in [0.3, 0.4) is 0 Å². The highest BCUT2D eigenvalue weighted by Gasteiger charge is 1.98. The molecule has 5 heteroatoms. The first kappa shape index (κ1) is 8.22. The molecular formula is C7H6N2S3. The third-order valence-corrected chi connectivity index (χ3v) is 4.23. The number of aromatic nitrogens is 2. The average molecular weight is 214 g/mol. The zero-order valence-electron chi connectivity index (χ0n) is 6.14.